The van der Waals surface area contributed by atoms with E-state index in [2.05, 4.69) is 14.8 Å². The smallest absolute Gasteiger partial charge is 0.326 e. The summed E-state index contributed by atoms with van der Waals surface area (Å²) in [6, 6.07) is 6.47. The standard InChI is InChI=1S/C8H6O5/c1-3-7(9-5-1)11-13-12-8-4-2-6-10-8/h1-6H. The van der Waals surface area contributed by atoms with Gasteiger partial charge < -0.3 is 8.83 Å². The summed E-state index contributed by atoms with van der Waals surface area (Å²) in [6.07, 6.45) is 2.90. The van der Waals surface area contributed by atoms with E-state index in [4.69, 9.17) is 8.83 Å². The van der Waals surface area contributed by atoms with Gasteiger partial charge in [0.05, 0.1) is 12.5 Å². The fraction of sp³-hybridized carbons (Fsp3) is 0. The maximum Gasteiger partial charge on any atom is 0.326 e. The lowest BCUT2D eigenvalue weighted by Crippen LogP contribution is -2.00. The molecule has 0 atom stereocenters. The van der Waals surface area contributed by atoms with Crippen molar-refractivity contribution in [1.82, 2.24) is 0 Å². The van der Waals surface area contributed by atoms with Gasteiger partial charge in [0.2, 0.25) is 0 Å². The van der Waals surface area contributed by atoms with Crippen molar-refractivity contribution in [2.24, 2.45) is 0 Å². The van der Waals surface area contributed by atoms with E-state index in [1.807, 2.05) is 0 Å². The van der Waals surface area contributed by atoms with Crippen molar-refractivity contribution in [3.63, 3.8) is 0 Å². The second-order valence-corrected chi connectivity index (χ2v) is 2.10. The van der Waals surface area contributed by atoms with Crippen LogP contribution in [0.15, 0.2) is 45.6 Å². The number of hydrogen-bond acceptors (Lipinski definition) is 5. The van der Waals surface area contributed by atoms with E-state index in [1.54, 1.807) is 24.3 Å². The average Bonchev–Trinajstić information content (AvgIpc) is 2.75. The first-order valence-corrected chi connectivity index (χ1v) is 3.53. The summed E-state index contributed by atoms with van der Waals surface area (Å²) in [5.41, 5.74) is 0. The molecule has 2 aromatic rings. The van der Waals surface area contributed by atoms with Gasteiger partial charge in [-0.05, 0) is 12.1 Å². The van der Waals surface area contributed by atoms with E-state index in [0.717, 1.165) is 0 Å². The minimum absolute atomic E-state index is 0.201. The summed E-state index contributed by atoms with van der Waals surface area (Å²) in [7, 11) is 0. The molecule has 0 spiro atoms. The third-order valence-corrected chi connectivity index (χ3v) is 1.22. The van der Waals surface area contributed by atoms with Gasteiger partial charge in [0.1, 0.15) is 0 Å². The van der Waals surface area contributed by atoms with Gasteiger partial charge in [-0.2, -0.15) is 0 Å². The van der Waals surface area contributed by atoms with Crippen LogP contribution in [0.5, 0.6) is 11.9 Å². The molecule has 0 N–H and O–H groups in total. The first-order chi connectivity index (χ1) is 6.45. The molecule has 0 aliphatic carbocycles. The largest absolute Gasteiger partial charge is 0.432 e. The number of rotatable bonds is 4. The Kier molecular flexibility index (Phi) is 2.20. The normalized spacial score (nSPS) is 9.85. The van der Waals surface area contributed by atoms with Gasteiger partial charge in [0.25, 0.3) is 0 Å². The fourth-order valence-electron chi connectivity index (χ4n) is 0.706. The summed E-state index contributed by atoms with van der Waals surface area (Å²) in [5, 5.41) is 4.33. The van der Waals surface area contributed by atoms with Crippen LogP contribution < -0.4 is 9.78 Å². The first-order valence-electron chi connectivity index (χ1n) is 3.53. The molecule has 0 saturated heterocycles. The number of hydrogen-bond donors (Lipinski definition) is 0. The molecule has 0 aliphatic rings. The second kappa shape index (κ2) is 3.68. The van der Waals surface area contributed by atoms with Gasteiger partial charge in [-0.3, -0.25) is 9.78 Å². The van der Waals surface area contributed by atoms with Crippen molar-refractivity contribution in [2.45, 2.75) is 0 Å². The SMILES string of the molecule is c1coc(OOOc2ccco2)c1. The Balaban J connectivity index is 1.76. The fourth-order valence-corrected chi connectivity index (χ4v) is 0.706. The molecule has 13 heavy (non-hydrogen) atoms. The Morgan fingerprint density at radius 1 is 0.846 bits per heavy atom. The highest BCUT2D eigenvalue weighted by atomic mass is 17.5. The van der Waals surface area contributed by atoms with Gasteiger partial charge in [0.15, 0.2) is 0 Å². The van der Waals surface area contributed by atoms with E-state index in [-0.39, 0.29) is 11.9 Å². The van der Waals surface area contributed by atoms with E-state index in [1.165, 1.54) is 12.5 Å². The first kappa shape index (κ1) is 7.75. The average molecular weight is 182 g/mol. The molecular formula is C8H6O5. The zero-order valence-corrected chi connectivity index (χ0v) is 6.51. The third kappa shape index (κ3) is 2.03. The van der Waals surface area contributed by atoms with Gasteiger partial charge >= 0.3 is 11.9 Å². The summed E-state index contributed by atoms with van der Waals surface area (Å²) in [5.74, 6) is 0.401. The Bertz CT molecular complexity index is 289. The van der Waals surface area contributed by atoms with Crippen LogP contribution in [-0.2, 0) is 5.04 Å². The van der Waals surface area contributed by atoms with Crippen molar-refractivity contribution in [1.29, 1.82) is 0 Å². The zero-order valence-electron chi connectivity index (χ0n) is 6.51. The van der Waals surface area contributed by atoms with Crippen LogP contribution in [0.2, 0.25) is 0 Å². The Morgan fingerprint density at radius 2 is 1.38 bits per heavy atom. The van der Waals surface area contributed by atoms with Crippen molar-refractivity contribution in [3.05, 3.63) is 36.8 Å². The lowest BCUT2D eigenvalue weighted by molar-refractivity contribution is -0.422. The molecule has 2 heterocycles. The van der Waals surface area contributed by atoms with Crippen LogP contribution in [0, 0.1) is 0 Å². The summed E-state index contributed by atoms with van der Waals surface area (Å²) in [6.45, 7) is 0. The topological polar surface area (TPSA) is 54.0 Å². The van der Waals surface area contributed by atoms with Crippen LogP contribution in [0.3, 0.4) is 0 Å². The van der Waals surface area contributed by atoms with Crippen LogP contribution in [0.25, 0.3) is 0 Å². The van der Waals surface area contributed by atoms with Crippen molar-refractivity contribution >= 4 is 0 Å². The summed E-state index contributed by atoms with van der Waals surface area (Å²) in [4.78, 5) is 9.14. The van der Waals surface area contributed by atoms with Gasteiger partial charge in [0, 0.05) is 17.2 Å². The second-order valence-electron chi connectivity index (χ2n) is 2.10. The Hall–Kier alpha value is -1.88. The molecule has 0 bridgehead atoms. The van der Waals surface area contributed by atoms with Crippen LogP contribution in [0.1, 0.15) is 0 Å². The molecular weight excluding hydrogens is 176 g/mol. The molecule has 0 fully saturated rings. The van der Waals surface area contributed by atoms with Crippen molar-refractivity contribution < 1.29 is 23.6 Å². The lowest BCUT2D eigenvalue weighted by Gasteiger charge is -1.97. The van der Waals surface area contributed by atoms with E-state index in [0.29, 0.717) is 0 Å². The maximum absolute atomic E-state index is 4.80. The molecule has 2 rings (SSSR count). The molecule has 0 radical (unpaired) electrons. The minimum Gasteiger partial charge on any atom is -0.432 e. The summed E-state index contributed by atoms with van der Waals surface area (Å²) < 4.78 is 9.59. The predicted molar refractivity (Wildman–Crippen MR) is 39.8 cm³/mol. The molecule has 5 nitrogen and oxygen atoms in total. The Morgan fingerprint density at radius 3 is 1.77 bits per heavy atom. The van der Waals surface area contributed by atoms with Gasteiger partial charge in [-0.25, -0.2) is 0 Å². The monoisotopic (exact) mass is 182 g/mol. The molecule has 0 amide bonds. The predicted octanol–water partition coefficient (Wildman–Crippen LogP) is 2.18. The highest BCUT2D eigenvalue weighted by molar-refractivity contribution is 5.03. The highest BCUT2D eigenvalue weighted by Crippen LogP contribution is 2.13. The van der Waals surface area contributed by atoms with Crippen LogP contribution in [0.4, 0.5) is 0 Å². The molecule has 0 unspecified atom stereocenters. The number of furan rings is 2. The van der Waals surface area contributed by atoms with Crippen molar-refractivity contribution in [3.8, 4) is 11.9 Å². The summed E-state index contributed by atoms with van der Waals surface area (Å²) >= 11 is 0. The third-order valence-electron chi connectivity index (χ3n) is 1.22. The molecule has 0 saturated carbocycles. The lowest BCUT2D eigenvalue weighted by atomic mass is 10.7. The van der Waals surface area contributed by atoms with E-state index < -0.39 is 0 Å². The molecule has 0 aliphatic heterocycles. The molecule has 0 aromatic carbocycles. The van der Waals surface area contributed by atoms with Crippen LogP contribution >= 0.6 is 0 Å². The molecule has 68 valence electrons. The van der Waals surface area contributed by atoms with Crippen molar-refractivity contribution in [2.75, 3.05) is 0 Å². The molecule has 5 heteroatoms. The zero-order chi connectivity index (χ0) is 8.93. The van der Waals surface area contributed by atoms with Gasteiger partial charge in [-0.15, -0.1) is 0 Å². The maximum atomic E-state index is 4.80. The van der Waals surface area contributed by atoms with Crippen LogP contribution in [-0.4, -0.2) is 0 Å². The quantitative estimate of drug-likeness (QED) is 0.535. The van der Waals surface area contributed by atoms with E-state index in [9.17, 15) is 0 Å². The Labute approximate surface area is 73.3 Å². The van der Waals surface area contributed by atoms with E-state index >= 15 is 0 Å². The molecule has 2 aromatic heterocycles. The van der Waals surface area contributed by atoms with Gasteiger partial charge in [-0.1, -0.05) is 0 Å². The minimum atomic E-state index is 0.201. The highest BCUT2D eigenvalue weighted by Gasteiger charge is 2.00.